The van der Waals surface area contributed by atoms with E-state index in [1.165, 1.54) is 6.08 Å². The first-order valence-corrected chi connectivity index (χ1v) is 7.36. The van der Waals surface area contributed by atoms with Crippen LogP contribution in [0.4, 0.5) is 0 Å². The van der Waals surface area contributed by atoms with Gasteiger partial charge in [0.2, 0.25) is 5.91 Å². The number of rotatable bonds is 5. The fraction of sp³-hybridized carbons (Fsp3) is 0.375. The van der Waals surface area contributed by atoms with E-state index in [-0.39, 0.29) is 11.8 Å². The molecule has 2 N–H and O–H groups in total. The van der Waals surface area contributed by atoms with E-state index in [0.29, 0.717) is 26.2 Å². The number of nitrogens with zero attached hydrogens (tertiary/aromatic N) is 1. The van der Waals surface area contributed by atoms with E-state index in [2.05, 4.69) is 15.8 Å². The highest BCUT2D eigenvalue weighted by Gasteiger charge is 2.11. The van der Waals surface area contributed by atoms with Gasteiger partial charge in [-0.05, 0) is 11.6 Å². The Labute approximate surface area is 130 Å². The summed E-state index contributed by atoms with van der Waals surface area (Å²) in [5.41, 5.74) is 5.71. The van der Waals surface area contributed by atoms with Crippen LogP contribution in [-0.2, 0) is 14.3 Å². The van der Waals surface area contributed by atoms with Crippen LogP contribution in [0.3, 0.4) is 0 Å². The molecule has 1 fully saturated rings. The molecule has 1 saturated heterocycles. The van der Waals surface area contributed by atoms with Crippen LogP contribution in [-0.4, -0.2) is 49.6 Å². The van der Waals surface area contributed by atoms with E-state index in [4.69, 9.17) is 4.74 Å². The number of nitrogens with one attached hydrogen (secondary N) is 2. The van der Waals surface area contributed by atoms with Gasteiger partial charge in [0.1, 0.15) is 0 Å². The lowest BCUT2D eigenvalue weighted by atomic mass is 10.2. The van der Waals surface area contributed by atoms with Crippen LogP contribution in [0, 0.1) is 0 Å². The molecule has 1 aliphatic heterocycles. The molecule has 1 heterocycles. The molecule has 0 aliphatic carbocycles. The molecule has 2 rings (SSSR count). The second-order valence-electron chi connectivity index (χ2n) is 4.99. The number of morpholine rings is 1. The van der Waals surface area contributed by atoms with Gasteiger partial charge in [0, 0.05) is 32.1 Å². The third kappa shape index (κ3) is 6.07. The second-order valence-corrected chi connectivity index (χ2v) is 4.99. The third-order valence-corrected chi connectivity index (χ3v) is 3.31. The molecule has 0 unspecified atom stereocenters. The summed E-state index contributed by atoms with van der Waals surface area (Å²) < 4.78 is 5.24. The topological polar surface area (TPSA) is 70.7 Å². The van der Waals surface area contributed by atoms with Gasteiger partial charge in [0.15, 0.2) is 0 Å². The van der Waals surface area contributed by atoms with Crippen molar-refractivity contribution in [3.8, 4) is 0 Å². The van der Waals surface area contributed by atoms with Crippen molar-refractivity contribution >= 4 is 17.9 Å². The van der Waals surface area contributed by atoms with Crippen molar-refractivity contribution in [3.63, 3.8) is 0 Å². The molecule has 0 spiro atoms. The average Bonchev–Trinajstić information content (AvgIpc) is 2.58. The van der Waals surface area contributed by atoms with Gasteiger partial charge in [0.25, 0.3) is 5.91 Å². The van der Waals surface area contributed by atoms with Gasteiger partial charge in [0.05, 0.1) is 13.2 Å². The summed E-state index contributed by atoms with van der Waals surface area (Å²) in [7, 11) is 0. The fourth-order valence-electron chi connectivity index (χ4n) is 2.06. The molecular formula is C16H21N3O3. The molecule has 0 radical (unpaired) electrons. The van der Waals surface area contributed by atoms with Gasteiger partial charge >= 0.3 is 0 Å². The zero-order valence-corrected chi connectivity index (χ0v) is 12.5. The Bertz CT molecular complexity index is 511. The minimum absolute atomic E-state index is 0.201. The van der Waals surface area contributed by atoms with Crippen molar-refractivity contribution in [2.75, 3.05) is 32.8 Å². The lowest BCUT2D eigenvalue weighted by Gasteiger charge is -2.26. The SMILES string of the molecule is O=C(/C=C/c1ccccc1)NNC(=O)CCN1CCOCC1. The highest BCUT2D eigenvalue weighted by Crippen LogP contribution is 2.00. The van der Waals surface area contributed by atoms with Crippen LogP contribution < -0.4 is 10.9 Å². The zero-order valence-electron chi connectivity index (χ0n) is 12.5. The van der Waals surface area contributed by atoms with E-state index in [1.54, 1.807) is 6.08 Å². The molecule has 6 nitrogen and oxygen atoms in total. The maximum Gasteiger partial charge on any atom is 0.262 e. The van der Waals surface area contributed by atoms with Crippen LogP contribution in [0.5, 0.6) is 0 Å². The first kappa shape index (κ1) is 16.2. The van der Waals surface area contributed by atoms with E-state index >= 15 is 0 Å². The minimum atomic E-state index is -0.358. The summed E-state index contributed by atoms with van der Waals surface area (Å²) in [6.07, 6.45) is 3.43. The molecule has 1 aromatic carbocycles. The first-order valence-electron chi connectivity index (χ1n) is 7.36. The van der Waals surface area contributed by atoms with E-state index in [0.717, 1.165) is 18.7 Å². The first-order chi connectivity index (χ1) is 10.7. The molecule has 0 aromatic heterocycles. The molecule has 2 amide bonds. The monoisotopic (exact) mass is 303 g/mol. The Kier molecular flexibility index (Phi) is 6.60. The van der Waals surface area contributed by atoms with Gasteiger partial charge in [-0.25, -0.2) is 0 Å². The number of ether oxygens (including phenoxy) is 1. The maximum absolute atomic E-state index is 11.7. The second kappa shape index (κ2) is 8.96. The normalized spacial score (nSPS) is 15.6. The number of amides is 2. The quantitative estimate of drug-likeness (QED) is 0.616. The van der Waals surface area contributed by atoms with Crippen LogP contribution in [0.2, 0.25) is 0 Å². The van der Waals surface area contributed by atoms with E-state index in [1.807, 2.05) is 30.3 Å². The average molecular weight is 303 g/mol. The largest absolute Gasteiger partial charge is 0.379 e. The highest BCUT2D eigenvalue weighted by molar-refractivity contribution is 5.93. The Morgan fingerprint density at radius 1 is 1.14 bits per heavy atom. The predicted molar refractivity (Wildman–Crippen MR) is 83.6 cm³/mol. The van der Waals surface area contributed by atoms with Crippen molar-refractivity contribution < 1.29 is 14.3 Å². The Morgan fingerprint density at radius 3 is 2.59 bits per heavy atom. The molecule has 0 bridgehead atoms. The van der Waals surface area contributed by atoms with Crippen molar-refractivity contribution in [2.24, 2.45) is 0 Å². The summed E-state index contributed by atoms with van der Waals surface area (Å²) in [6, 6.07) is 9.48. The number of carbonyl (C=O) groups excluding carboxylic acids is 2. The Hall–Kier alpha value is -2.18. The standard InChI is InChI=1S/C16H21N3O3/c20-15(7-6-14-4-2-1-3-5-14)17-18-16(21)8-9-19-10-12-22-13-11-19/h1-7H,8-13H2,(H,17,20)(H,18,21)/b7-6+. The minimum Gasteiger partial charge on any atom is -0.379 e. The molecule has 22 heavy (non-hydrogen) atoms. The van der Waals surface area contributed by atoms with Crippen molar-refractivity contribution in [1.82, 2.24) is 15.8 Å². The molecule has 0 atom stereocenters. The van der Waals surface area contributed by atoms with E-state index < -0.39 is 0 Å². The lowest BCUT2D eigenvalue weighted by Crippen LogP contribution is -2.43. The highest BCUT2D eigenvalue weighted by atomic mass is 16.5. The molecule has 1 aliphatic rings. The number of hydrazine groups is 1. The van der Waals surface area contributed by atoms with Crippen molar-refractivity contribution in [2.45, 2.75) is 6.42 Å². The molecule has 6 heteroatoms. The number of hydrogen-bond acceptors (Lipinski definition) is 4. The third-order valence-electron chi connectivity index (χ3n) is 3.31. The van der Waals surface area contributed by atoms with Gasteiger partial charge < -0.3 is 4.74 Å². The summed E-state index contributed by atoms with van der Waals surface area (Å²) >= 11 is 0. The molecule has 118 valence electrons. The summed E-state index contributed by atoms with van der Waals surface area (Å²) in [5.74, 6) is -0.559. The predicted octanol–water partition coefficient (Wildman–Crippen LogP) is 0.570. The summed E-state index contributed by atoms with van der Waals surface area (Å²) in [5, 5.41) is 0. The summed E-state index contributed by atoms with van der Waals surface area (Å²) in [4.78, 5) is 25.4. The lowest BCUT2D eigenvalue weighted by molar-refractivity contribution is -0.127. The molecular weight excluding hydrogens is 282 g/mol. The number of benzene rings is 1. The van der Waals surface area contributed by atoms with Crippen molar-refractivity contribution in [3.05, 3.63) is 42.0 Å². The molecule has 1 aromatic rings. The molecule has 0 saturated carbocycles. The van der Waals surface area contributed by atoms with Gasteiger partial charge in [-0.15, -0.1) is 0 Å². The number of hydrogen-bond donors (Lipinski definition) is 2. The summed E-state index contributed by atoms with van der Waals surface area (Å²) in [6.45, 7) is 3.79. The van der Waals surface area contributed by atoms with Crippen molar-refractivity contribution in [1.29, 1.82) is 0 Å². The fourth-order valence-corrected chi connectivity index (χ4v) is 2.06. The van der Waals surface area contributed by atoms with Crippen LogP contribution in [0.25, 0.3) is 6.08 Å². The van der Waals surface area contributed by atoms with Gasteiger partial charge in [-0.1, -0.05) is 30.3 Å². The van der Waals surface area contributed by atoms with Gasteiger partial charge in [-0.3, -0.25) is 25.3 Å². The van der Waals surface area contributed by atoms with Crippen LogP contribution in [0.15, 0.2) is 36.4 Å². The Morgan fingerprint density at radius 2 is 1.86 bits per heavy atom. The van der Waals surface area contributed by atoms with Gasteiger partial charge in [-0.2, -0.15) is 0 Å². The Balaban J connectivity index is 1.63. The van der Waals surface area contributed by atoms with E-state index in [9.17, 15) is 9.59 Å². The zero-order chi connectivity index (χ0) is 15.6. The van der Waals surface area contributed by atoms with Crippen LogP contribution >= 0.6 is 0 Å². The smallest absolute Gasteiger partial charge is 0.262 e. The number of carbonyl (C=O) groups is 2. The van der Waals surface area contributed by atoms with Crippen LogP contribution in [0.1, 0.15) is 12.0 Å². The maximum atomic E-state index is 11.7.